The van der Waals surface area contributed by atoms with Crippen LogP contribution in [0.2, 0.25) is 0 Å². The second-order valence-corrected chi connectivity index (χ2v) is 5.20. The third-order valence-electron chi connectivity index (χ3n) is 3.78. The van der Waals surface area contributed by atoms with Gasteiger partial charge in [-0.15, -0.1) is 0 Å². The highest BCUT2D eigenvalue weighted by molar-refractivity contribution is 5.94. The molecule has 2 rings (SSSR count). The molecule has 0 bridgehead atoms. The zero-order valence-electron chi connectivity index (χ0n) is 11.3. The number of hydrogen-bond donors (Lipinski definition) is 1. The highest BCUT2D eigenvalue weighted by atomic mass is 19.4. The molecule has 0 heterocycles. The first-order chi connectivity index (χ1) is 9.91. The lowest BCUT2D eigenvalue weighted by molar-refractivity contribution is -0.187. The van der Waals surface area contributed by atoms with Crippen LogP contribution in [0.5, 0.6) is 0 Å². The highest BCUT2D eigenvalue weighted by Crippen LogP contribution is 2.37. The minimum atomic E-state index is -4.29. The number of halogens is 3. The summed E-state index contributed by atoms with van der Waals surface area (Å²) in [5.74, 6) is -2.01. The van der Waals surface area contributed by atoms with Crippen molar-refractivity contribution < 1.29 is 18.0 Å². The number of alkyl halides is 3. The summed E-state index contributed by atoms with van der Waals surface area (Å²) in [6.07, 6.45) is -2.67. The summed E-state index contributed by atoms with van der Waals surface area (Å²) in [7, 11) is 0. The average Bonchev–Trinajstić information content (AvgIpc) is 2.47. The molecule has 1 amide bonds. The number of benzene rings is 1. The summed E-state index contributed by atoms with van der Waals surface area (Å²) in [5.41, 5.74) is 0.665. The van der Waals surface area contributed by atoms with Crippen LogP contribution in [0.25, 0.3) is 0 Å². The first kappa shape index (κ1) is 15.4. The van der Waals surface area contributed by atoms with E-state index in [2.05, 4.69) is 5.32 Å². The predicted octanol–water partition coefficient (Wildman–Crippen LogP) is 3.41. The molecular formula is C15H15F3N2O. The molecule has 3 nitrogen and oxygen atoms in total. The lowest BCUT2D eigenvalue weighted by Crippen LogP contribution is -2.47. The van der Waals surface area contributed by atoms with Crippen LogP contribution in [0.4, 0.5) is 13.2 Å². The number of rotatable bonds is 2. The molecule has 1 aromatic rings. The smallest absolute Gasteiger partial charge is 0.349 e. The fraction of sp³-hybridized carbons (Fsp3) is 0.467. The Morgan fingerprint density at radius 2 is 1.81 bits per heavy atom. The molecule has 1 aliphatic carbocycles. The van der Waals surface area contributed by atoms with Gasteiger partial charge in [-0.25, -0.2) is 0 Å². The monoisotopic (exact) mass is 296 g/mol. The standard InChI is InChI=1S/C15H15F3N2O/c16-15(17,18)12-3-1-2-4-13(12)20-14(21)11-7-5-10(9-19)6-8-11/h5-8,12-13H,1-4H2,(H,20,21)/t12-,13-/m1/s1. The Bertz CT molecular complexity index is 546. The third-order valence-corrected chi connectivity index (χ3v) is 3.78. The fourth-order valence-electron chi connectivity index (χ4n) is 2.64. The number of hydrogen-bond acceptors (Lipinski definition) is 2. The van der Waals surface area contributed by atoms with Crippen LogP contribution in [-0.4, -0.2) is 18.1 Å². The van der Waals surface area contributed by atoms with Crippen molar-refractivity contribution in [3.63, 3.8) is 0 Å². The van der Waals surface area contributed by atoms with E-state index in [0.29, 0.717) is 24.8 Å². The van der Waals surface area contributed by atoms with Crippen LogP contribution in [-0.2, 0) is 0 Å². The van der Waals surface area contributed by atoms with E-state index in [1.54, 1.807) is 0 Å². The molecule has 1 fully saturated rings. The van der Waals surface area contributed by atoms with Gasteiger partial charge in [0.2, 0.25) is 0 Å². The topological polar surface area (TPSA) is 52.9 Å². The summed E-state index contributed by atoms with van der Waals surface area (Å²) in [6, 6.07) is 6.87. The molecule has 1 saturated carbocycles. The van der Waals surface area contributed by atoms with Gasteiger partial charge in [0.1, 0.15) is 0 Å². The number of nitrogens with one attached hydrogen (secondary N) is 1. The van der Waals surface area contributed by atoms with Crippen LogP contribution in [0.15, 0.2) is 24.3 Å². The van der Waals surface area contributed by atoms with E-state index in [0.717, 1.165) is 0 Å². The van der Waals surface area contributed by atoms with Crippen molar-refractivity contribution in [2.24, 2.45) is 5.92 Å². The first-order valence-corrected chi connectivity index (χ1v) is 6.79. The van der Waals surface area contributed by atoms with Crippen LogP contribution in [0.3, 0.4) is 0 Å². The molecule has 0 radical (unpaired) electrons. The SMILES string of the molecule is N#Cc1ccc(C(=O)N[C@@H]2CCCC[C@H]2C(F)(F)F)cc1. The Morgan fingerprint density at radius 1 is 1.19 bits per heavy atom. The third kappa shape index (κ3) is 3.75. The molecule has 0 aromatic heterocycles. The van der Waals surface area contributed by atoms with Gasteiger partial charge in [0, 0.05) is 11.6 Å². The van der Waals surface area contributed by atoms with Crippen molar-refractivity contribution >= 4 is 5.91 Å². The van der Waals surface area contributed by atoms with E-state index >= 15 is 0 Å². The number of carbonyl (C=O) groups excluding carboxylic acids is 1. The van der Waals surface area contributed by atoms with Gasteiger partial charge in [-0.1, -0.05) is 12.8 Å². The Kier molecular flexibility index (Phi) is 4.51. The molecule has 1 N–H and O–H groups in total. The van der Waals surface area contributed by atoms with E-state index < -0.39 is 24.0 Å². The molecule has 21 heavy (non-hydrogen) atoms. The molecular weight excluding hydrogens is 281 g/mol. The number of amides is 1. The average molecular weight is 296 g/mol. The zero-order chi connectivity index (χ0) is 15.5. The van der Waals surface area contributed by atoms with Crippen LogP contribution in [0, 0.1) is 17.2 Å². The highest BCUT2D eigenvalue weighted by Gasteiger charge is 2.45. The van der Waals surface area contributed by atoms with Crippen LogP contribution >= 0.6 is 0 Å². The predicted molar refractivity (Wildman–Crippen MR) is 70.4 cm³/mol. The molecule has 0 spiro atoms. The molecule has 2 atom stereocenters. The van der Waals surface area contributed by atoms with Gasteiger partial charge in [-0.2, -0.15) is 18.4 Å². The van der Waals surface area contributed by atoms with Crippen molar-refractivity contribution in [2.75, 3.05) is 0 Å². The molecule has 1 aliphatic rings. The van der Waals surface area contributed by atoms with Crippen LogP contribution < -0.4 is 5.32 Å². The van der Waals surface area contributed by atoms with Crippen LogP contribution in [0.1, 0.15) is 41.6 Å². The maximum atomic E-state index is 13.0. The Labute approximate surface area is 120 Å². The lowest BCUT2D eigenvalue weighted by Gasteiger charge is -2.33. The number of carbonyl (C=O) groups is 1. The summed E-state index contributed by atoms with van der Waals surface area (Å²) in [6.45, 7) is 0. The van der Waals surface area contributed by atoms with Crippen molar-refractivity contribution in [1.82, 2.24) is 5.32 Å². The van der Waals surface area contributed by atoms with Gasteiger partial charge in [0.05, 0.1) is 17.6 Å². The number of nitrogens with zero attached hydrogens (tertiary/aromatic N) is 1. The van der Waals surface area contributed by atoms with Crippen molar-refractivity contribution in [2.45, 2.75) is 37.9 Å². The minimum Gasteiger partial charge on any atom is -0.349 e. The number of nitriles is 1. The molecule has 0 saturated heterocycles. The second kappa shape index (κ2) is 6.17. The van der Waals surface area contributed by atoms with E-state index in [1.807, 2.05) is 6.07 Å². The maximum absolute atomic E-state index is 13.0. The fourth-order valence-corrected chi connectivity index (χ4v) is 2.64. The Balaban J connectivity index is 2.08. The zero-order valence-corrected chi connectivity index (χ0v) is 11.3. The Morgan fingerprint density at radius 3 is 2.38 bits per heavy atom. The minimum absolute atomic E-state index is 0.0574. The van der Waals surface area contributed by atoms with Gasteiger partial charge in [0.15, 0.2) is 0 Å². The maximum Gasteiger partial charge on any atom is 0.393 e. The van der Waals surface area contributed by atoms with E-state index in [1.165, 1.54) is 24.3 Å². The normalized spacial score (nSPS) is 22.4. The van der Waals surface area contributed by atoms with Crippen molar-refractivity contribution in [3.8, 4) is 6.07 Å². The van der Waals surface area contributed by atoms with E-state index in [-0.39, 0.29) is 12.0 Å². The summed E-state index contributed by atoms with van der Waals surface area (Å²) < 4.78 is 38.9. The summed E-state index contributed by atoms with van der Waals surface area (Å²) in [4.78, 5) is 12.0. The van der Waals surface area contributed by atoms with Crippen molar-refractivity contribution in [1.29, 1.82) is 5.26 Å². The lowest BCUT2D eigenvalue weighted by atomic mass is 9.84. The van der Waals surface area contributed by atoms with E-state index in [4.69, 9.17) is 5.26 Å². The molecule has 0 aliphatic heterocycles. The molecule has 1 aromatic carbocycles. The summed E-state index contributed by atoms with van der Waals surface area (Å²) >= 11 is 0. The second-order valence-electron chi connectivity index (χ2n) is 5.20. The molecule has 6 heteroatoms. The van der Waals surface area contributed by atoms with Crippen molar-refractivity contribution in [3.05, 3.63) is 35.4 Å². The van der Waals surface area contributed by atoms with Gasteiger partial charge in [0.25, 0.3) is 5.91 Å². The van der Waals surface area contributed by atoms with Gasteiger partial charge in [-0.05, 0) is 37.1 Å². The van der Waals surface area contributed by atoms with Gasteiger partial charge >= 0.3 is 6.18 Å². The van der Waals surface area contributed by atoms with Gasteiger partial charge in [-0.3, -0.25) is 4.79 Å². The largest absolute Gasteiger partial charge is 0.393 e. The van der Waals surface area contributed by atoms with E-state index in [9.17, 15) is 18.0 Å². The molecule has 112 valence electrons. The summed E-state index contributed by atoms with van der Waals surface area (Å²) in [5, 5.41) is 11.2. The quantitative estimate of drug-likeness (QED) is 0.909. The van der Waals surface area contributed by atoms with Gasteiger partial charge < -0.3 is 5.32 Å². The Hall–Kier alpha value is -2.03. The molecule has 0 unspecified atom stereocenters. The first-order valence-electron chi connectivity index (χ1n) is 6.79.